The lowest BCUT2D eigenvalue weighted by atomic mass is 9.93. The van der Waals surface area contributed by atoms with Gasteiger partial charge in [-0.15, -0.1) is 0 Å². The first-order valence-corrected chi connectivity index (χ1v) is 10.1. The molecule has 7 nitrogen and oxygen atoms in total. The molecule has 29 heavy (non-hydrogen) atoms. The van der Waals surface area contributed by atoms with Gasteiger partial charge in [-0.2, -0.15) is 0 Å². The summed E-state index contributed by atoms with van der Waals surface area (Å²) in [5.41, 5.74) is 2.09. The molecule has 2 aliphatic rings. The maximum atomic E-state index is 12.5. The number of piperidine rings is 1. The van der Waals surface area contributed by atoms with Crippen molar-refractivity contribution in [3.05, 3.63) is 53.5 Å². The summed E-state index contributed by atoms with van der Waals surface area (Å²) < 4.78 is 5.35. The van der Waals surface area contributed by atoms with Gasteiger partial charge in [0.05, 0.1) is 6.04 Å². The summed E-state index contributed by atoms with van der Waals surface area (Å²) >= 11 is 0. The van der Waals surface area contributed by atoms with Gasteiger partial charge in [-0.25, -0.2) is 14.8 Å². The van der Waals surface area contributed by atoms with E-state index >= 15 is 0 Å². The average Bonchev–Trinajstić information content (AvgIpc) is 3.08. The third-order valence-corrected chi connectivity index (χ3v) is 5.72. The number of rotatable bonds is 4. The fourth-order valence-corrected chi connectivity index (χ4v) is 4.17. The van der Waals surface area contributed by atoms with E-state index in [0.717, 1.165) is 37.2 Å². The molecule has 2 amide bonds. The van der Waals surface area contributed by atoms with Crippen LogP contribution in [0.15, 0.2) is 36.4 Å². The second-order valence-electron chi connectivity index (χ2n) is 7.77. The number of carbonyl (C=O) groups is 2. The Kier molecular flexibility index (Phi) is 5.47. The number of likely N-dealkylation sites (tertiary alicyclic amines) is 1. The Morgan fingerprint density at radius 2 is 1.90 bits per heavy atom. The van der Waals surface area contributed by atoms with Gasteiger partial charge in [0, 0.05) is 37.7 Å². The quantitative estimate of drug-likeness (QED) is 0.797. The number of hydrogen-bond acceptors (Lipinski definition) is 5. The van der Waals surface area contributed by atoms with Crippen LogP contribution in [0.1, 0.15) is 42.8 Å². The summed E-state index contributed by atoms with van der Waals surface area (Å²) in [6.45, 7) is 5.29. The van der Waals surface area contributed by atoms with Crippen molar-refractivity contribution in [3.63, 3.8) is 0 Å². The predicted molar refractivity (Wildman–Crippen MR) is 109 cm³/mol. The monoisotopic (exact) mass is 394 g/mol. The van der Waals surface area contributed by atoms with Gasteiger partial charge in [0.1, 0.15) is 18.2 Å². The van der Waals surface area contributed by atoms with Crippen molar-refractivity contribution in [1.29, 1.82) is 0 Å². The Labute approximate surface area is 170 Å². The zero-order chi connectivity index (χ0) is 20.4. The lowest BCUT2D eigenvalue weighted by Gasteiger charge is -2.31. The van der Waals surface area contributed by atoms with Gasteiger partial charge >= 0.3 is 6.09 Å². The zero-order valence-corrected chi connectivity index (χ0v) is 16.9. The van der Waals surface area contributed by atoms with Crippen LogP contribution in [0.2, 0.25) is 0 Å². The number of ether oxygens (including phenoxy) is 1. The van der Waals surface area contributed by atoms with Gasteiger partial charge in [0.15, 0.2) is 0 Å². The largest absolute Gasteiger partial charge is 0.447 e. The molecule has 0 bridgehead atoms. The Balaban J connectivity index is 1.56. The summed E-state index contributed by atoms with van der Waals surface area (Å²) in [7, 11) is 0. The third-order valence-electron chi connectivity index (χ3n) is 5.72. The van der Waals surface area contributed by atoms with E-state index in [1.807, 2.05) is 36.1 Å². The van der Waals surface area contributed by atoms with E-state index in [2.05, 4.69) is 22.1 Å². The maximum Gasteiger partial charge on any atom is 0.415 e. The van der Waals surface area contributed by atoms with Crippen molar-refractivity contribution in [2.24, 2.45) is 0 Å². The van der Waals surface area contributed by atoms with E-state index in [1.54, 1.807) is 11.8 Å². The van der Waals surface area contributed by atoms with E-state index in [4.69, 9.17) is 4.74 Å². The Morgan fingerprint density at radius 3 is 2.59 bits per heavy atom. The first kappa shape index (κ1) is 19.4. The fraction of sp³-hybridized carbons (Fsp3) is 0.455. The van der Waals surface area contributed by atoms with Crippen molar-refractivity contribution in [2.75, 3.05) is 24.6 Å². The normalized spacial score (nSPS) is 20.1. The molecule has 0 spiro atoms. The molecular formula is C22H26N4O3. The first-order valence-electron chi connectivity index (χ1n) is 10.1. The van der Waals surface area contributed by atoms with Crippen LogP contribution in [-0.4, -0.2) is 52.6 Å². The third kappa shape index (κ3) is 4.23. The number of benzene rings is 1. The second kappa shape index (κ2) is 8.19. The SMILES string of the molecule is CC(=O)N1CCC(c2cc(N3C(=O)OC[C@H]3Cc3ccccc3)nc(C)n2)CC1. The van der Waals surface area contributed by atoms with Gasteiger partial charge in [-0.3, -0.25) is 9.69 Å². The summed E-state index contributed by atoms with van der Waals surface area (Å²) in [4.78, 5) is 36.8. The summed E-state index contributed by atoms with van der Waals surface area (Å²) in [6, 6.07) is 11.9. The molecule has 3 heterocycles. The summed E-state index contributed by atoms with van der Waals surface area (Å²) in [5, 5.41) is 0. The smallest absolute Gasteiger partial charge is 0.415 e. The molecule has 4 rings (SSSR count). The molecule has 152 valence electrons. The molecule has 2 saturated heterocycles. The topological polar surface area (TPSA) is 75.6 Å². The van der Waals surface area contributed by atoms with Crippen LogP contribution in [0.25, 0.3) is 0 Å². The van der Waals surface area contributed by atoms with E-state index < -0.39 is 0 Å². The van der Waals surface area contributed by atoms with E-state index in [9.17, 15) is 9.59 Å². The van der Waals surface area contributed by atoms with Crippen LogP contribution >= 0.6 is 0 Å². The number of carbonyl (C=O) groups excluding carboxylic acids is 2. The molecule has 1 atom stereocenters. The van der Waals surface area contributed by atoms with Gasteiger partial charge in [0.25, 0.3) is 0 Å². The van der Waals surface area contributed by atoms with Crippen LogP contribution in [0.5, 0.6) is 0 Å². The zero-order valence-electron chi connectivity index (χ0n) is 16.9. The van der Waals surface area contributed by atoms with E-state index in [1.165, 1.54) is 0 Å². The lowest BCUT2D eigenvalue weighted by Crippen LogP contribution is -2.37. The highest BCUT2D eigenvalue weighted by Crippen LogP contribution is 2.31. The minimum atomic E-state index is -0.360. The number of amides is 2. The van der Waals surface area contributed by atoms with E-state index in [-0.39, 0.29) is 24.0 Å². The number of nitrogens with zero attached hydrogens (tertiary/aromatic N) is 4. The number of cyclic esters (lactones) is 1. The van der Waals surface area contributed by atoms with Crippen LogP contribution < -0.4 is 4.90 Å². The fourth-order valence-electron chi connectivity index (χ4n) is 4.17. The minimum Gasteiger partial charge on any atom is -0.447 e. The highest BCUT2D eigenvalue weighted by atomic mass is 16.6. The number of anilines is 1. The summed E-state index contributed by atoms with van der Waals surface area (Å²) in [5.74, 6) is 1.62. The first-order chi connectivity index (χ1) is 14.0. The van der Waals surface area contributed by atoms with Gasteiger partial charge in [-0.1, -0.05) is 30.3 Å². The molecule has 0 aliphatic carbocycles. The van der Waals surface area contributed by atoms with Crippen LogP contribution in [0.3, 0.4) is 0 Å². The van der Waals surface area contributed by atoms with Crippen molar-refractivity contribution in [2.45, 2.75) is 45.1 Å². The number of hydrogen-bond donors (Lipinski definition) is 0. The number of aromatic nitrogens is 2. The lowest BCUT2D eigenvalue weighted by molar-refractivity contribution is -0.129. The minimum absolute atomic E-state index is 0.0911. The molecule has 0 radical (unpaired) electrons. The van der Waals surface area contributed by atoms with Crippen LogP contribution in [0, 0.1) is 6.92 Å². The van der Waals surface area contributed by atoms with Gasteiger partial charge in [-0.05, 0) is 31.7 Å². The van der Waals surface area contributed by atoms with Gasteiger partial charge in [0.2, 0.25) is 5.91 Å². The highest BCUT2D eigenvalue weighted by Gasteiger charge is 2.36. The molecule has 2 aromatic rings. The Morgan fingerprint density at radius 1 is 1.17 bits per heavy atom. The van der Waals surface area contributed by atoms with Crippen LogP contribution in [0.4, 0.5) is 10.6 Å². The summed E-state index contributed by atoms with van der Waals surface area (Å²) in [6.07, 6.45) is 2.09. The molecule has 1 aromatic heterocycles. The van der Waals surface area contributed by atoms with Crippen molar-refractivity contribution < 1.29 is 14.3 Å². The molecule has 2 fully saturated rings. The standard InChI is InChI=1S/C22H26N4O3/c1-15-23-20(18-8-10-25(11-9-18)16(2)27)13-21(24-15)26-19(14-29-22(26)28)12-17-6-4-3-5-7-17/h3-7,13,18-19H,8-12,14H2,1-2H3/t19-/m1/s1. The maximum absolute atomic E-state index is 12.5. The van der Waals surface area contributed by atoms with Gasteiger partial charge < -0.3 is 9.64 Å². The molecule has 0 saturated carbocycles. The number of aryl methyl sites for hydroxylation is 1. The average molecular weight is 394 g/mol. The second-order valence-corrected chi connectivity index (χ2v) is 7.77. The molecular weight excluding hydrogens is 368 g/mol. The Bertz CT molecular complexity index is 894. The molecule has 7 heteroatoms. The van der Waals surface area contributed by atoms with Crippen LogP contribution in [-0.2, 0) is 16.0 Å². The van der Waals surface area contributed by atoms with Crippen molar-refractivity contribution in [3.8, 4) is 0 Å². The van der Waals surface area contributed by atoms with Crippen molar-refractivity contribution in [1.82, 2.24) is 14.9 Å². The highest BCUT2D eigenvalue weighted by molar-refractivity contribution is 5.89. The Hall–Kier alpha value is -2.96. The van der Waals surface area contributed by atoms with Crippen molar-refractivity contribution >= 4 is 17.8 Å². The molecule has 0 unspecified atom stereocenters. The molecule has 0 N–H and O–H groups in total. The van der Waals surface area contributed by atoms with E-state index in [0.29, 0.717) is 24.7 Å². The molecule has 1 aromatic carbocycles. The molecule has 2 aliphatic heterocycles. The predicted octanol–water partition coefficient (Wildman–Crippen LogP) is 3.08.